The molecule has 0 aliphatic rings. The molecule has 0 amide bonds. The molecule has 0 atom stereocenters. The van der Waals surface area contributed by atoms with E-state index in [9.17, 15) is 0 Å². The quantitative estimate of drug-likeness (QED) is 0.482. The van der Waals surface area contributed by atoms with Crippen LogP contribution in [0.3, 0.4) is 0 Å². The number of rotatable bonds is 7. The van der Waals surface area contributed by atoms with Crippen molar-refractivity contribution >= 4 is 34.2 Å². The van der Waals surface area contributed by atoms with Gasteiger partial charge in [0.05, 0.1) is 0 Å². The van der Waals surface area contributed by atoms with Gasteiger partial charge in [-0.1, -0.05) is 0 Å². The van der Waals surface area contributed by atoms with E-state index in [4.69, 9.17) is 0 Å². The van der Waals surface area contributed by atoms with Crippen LogP contribution in [0.5, 0.6) is 0 Å². The van der Waals surface area contributed by atoms with E-state index in [1.54, 1.807) is 0 Å². The van der Waals surface area contributed by atoms with Crippen LogP contribution in [0.1, 0.15) is 19.3 Å². The maximum absolute atomic E-state index is 2.90. The Kier molecular flexibility index (Phi) is 7.10. The summed E-state index contributed by atoms with van der Waals surface area (Å²) in [6.07, 6.45) is 4.23. The van der Waals surface area contributed by atoms with Gasteiger partial charge in [-0.25, -0.2) is 0 Å². The Morgan fingerprint density at radius 2 is 1.27 bits per heavy atom. The first-order chi connectivity index (χ1) is 6.69. The van der Waals surface area contributed by atoms with E-state index in [1.807, 2.05) is 0 Å². The predicted octanol–water partition coefficient (Wildman–Crippen LogP) is 3.72. The van der Waals surface area contributed by atoms with Crippen molar-refractivity contribution in [3.63, 3.8) is 0 Å². The van der Waals surface area contributed by atoms with Crippen molar-refractivity contribution in [3.8, 4) is 0 Å². The summed E-state index contributed by atoms with van der Waals surface area (Å²) in [4.78, 5) is 0. The third-order valence-electron chi connectivity index (χ3n) is 2.85. The molecule has 0 saturated carbocycles. The minimum atomic E-state index is -1.09. The molecule has 0 aliphatic heterocycles. The molecule has 0 aromatic carbocycles. The van der Waals surface area contributed by atoms with E-state index in [-0.39, 0.29) is 0 Å². The van der Waals surface area contributed by atoms with Crippen LogP contribution in [-0.4, -0.2) is 45.0 Å². The summed E-state index contributed by atoms with van der Waals surface area (Å²) in [5, 5.41) is 1.35. The van der Waals surface area contributed by atoms with Crippen molar-refractivity contribution in [1.29, 1.82) is 0 Å². The van der Waals surface area contributed by atoms with Gasteiger partial charge in [0.15, 0.2) is 0 Å². The second-order valence-corrected chi connectivity index (χ2v) is 16.8. The van der Waals surface area contributed by atoms with Crippen molar-refractivity contribution in [2.24, 2.45) is 0 Å². The van der Waals surface area contributed by atoms with Crippen LogP contribution in [0.4, 0.5) is 0 Å². The molecule has 0 fully saturated rings. The molecule has 0 rings (SSSR count). The van der Waals surface area contributed by atoms with E-state index in [0.717, 1.165) is 0 Å². The van der Waals surface area contributed by atoms with Crippen LogP contribution >= 0.6 is 0 Å². The molecular weight excluding hydrogens is 209 g/mol. The summed E-state index contributed by atoms with van der Waals surface area (Å²) in [7, 11) is -2.17. The topological polar surface area (TPSA) is 3.24 Å². The summed E-state index contributed by atoms with van der Waals surface area (Å²) in [5.74, 6) is 0. The second kappa shape index (κ2) is 6.66. The molecule has 0 heterocycles. The fourth-order valence-corrected chi connectivity index (χ4v) is 12.1. The summed E-state index contributed by atoms with van der Waals surface area (Å²) in [6.45, 7) is 16.3. The van der Waals surface area contributed by atoms with Gasteiger partial charge in [0.1, 0.15) is 0 Å². The molecule has 0 saturated heterocycles. The first-order valence-corrected chi connectivity index (χ1v) is 13.4. The average Bonchev–Trinajstić information content (AvgIpc) is 1.99. The zero-order chi connectivity index (χ0) is 12.1. The Balaban J connectivity index is 4.17. The van der Waals surface area contributed by atoms with Crippen LogP contribution in [0.25, 0.3) is 0 Å². The molecule has 0 spiro atoms. The van der Waals surface area contributed by atoms with Gasteiger partial charge in [-0.15, -0.1) is 0 Å². The molecule has 1 nitrogen and oxygen atoms in total. The van der Waals surface area contributed by atoms with Crippen LogP contribution in [0.15, 0.2) is 0 Å². The summed E-state index contributed by atoms with van der Waals surface area (Å²) in [5.41, 5.74) is 0. The monoisotopic (exact) mass is 237 g/mol. The molecule has 0 aromatic rings. The number of hydrogen-bond donors (Lipinski definition) is 0. The summed E-state index contributed by atoms with van der Waals surface area (Å²) in [6, 6.07) is 0. The van der Waals surface area contributed by atoms with Crippen molar-refractivity contribution in [1.82, 2.24) is 4.23 Å². The Bertz CT molecular complexity index is 158. The molecule has 15 heavy (non-hydrogen) atoms. The van der Waals surface area contributed by atoms with E-state index in [0.29, 0.717) is 0 Å². The number of unbranched alkanes of at least 4 members (excludes halogenated alkanes) is 2. The van der Waals surface area contributed by atoms with Crippen LogP contribution in [0.2, 0.25) is 44.4 Å². The fraction of sp³-hybridized carbons (Fsp3) is 1.00. The van der Waals surface area contributed by atoms with E-state index >= 15 is 0 Å². The van der Waals surface area contributed by atoms with Gasteiger partial charge in [-0.2, -0.15) is 0 Å². The van der Waals surface area contributed by atoms with Gasteiger partial charge >= 0.3 is 109 Å². The molecular formula is C11H28LiNSi2. The first kappa shape index (κ1) is 16.0. The van der Waals surface area contributed by atoms with Crippen molar-refractivity contribution in [2.75, 3.05) is 6.54 Å². The van der Waals surface area contributed by atoms with Crippen molar-refractivity contribution in [3.05, 3.63) is 0 Å². The zero-order valence-electron chi connectivity index (χ0n) is 12.0. The van der Waals surface area contributed by atoms with E-state index < -0.39 is 16.5 Å². The standard InChI is InChI=1S/C11H28NSi2.Li/c1-8-9-10-11-12(13(2,3)4)14(5,6)7;/h1,8-11H2,2-7H3;. The molecule has 0 unspecified atom stereocenters. The molecule has 0 aromatic heterocycles. The number of nitrogens with zero attached hydrogens (tertiary/aromatic N) is 1. The second-order valence-electron chi connectivity index (χ2n) is 6.55. The minimum absolute atomic E-state index is 1.09. The van der Waals surface area contributed by atoms with Crippen LogP contribution in [0, 0.1) is 0 Å². The fourth-order valence-electron chi connectivity index (χ4n) is 2.37. The molecule has 86 valence electrons. The summed E-state index contributed by atoms with van der Waals surface area (Å²) < 4.78 is 2.90. The Hall–Kier alpha value is 0.991. The molecule has 4 heteroatoms. The van der Waals surface area contributed by atoms with Gasteiger partial charge in [0, 0.05) is 0 Å². The molecule has 0 N–H and O–H groups in total. The van der Waals surface area contributed by atoms with Gasteiger partial charge in [0.2, 0.25) is 0 Å². The van der Waals surface area contributed by atoms with E-state index in [2.05, 4.69) is 61.2 Å². The third-order valence-corrected chi connectivity index (χ3v) is 10.6. The number of hydrogen-bond acceptors (Lipinski definition) is 1. The first-order valence-electron chi connectivity index (χ1n) is 6.47. The van der Waals surface area contributed by atoms with Gasteiger partial charge in [0.25, 0.3) is 0 Å². The normalized spacial score (nSPS) is 13.7. The maximum atomic E-state index is 2.90. The summed E-state index contributed by atoms with van der Waals surface area (Å²) >= 11 is 2.29. The average molecular weight is 237 g/mol. The van der Waals surface area contributed by atoms with Gasteiger partial charge < -0.3 is 0 Å². The zero-order valence-corrected chi connectivity index (χ0v) is 14.0. The van der Waals surface area contributed by atoms with Crippen LogP contribution < -0.4 is 0 Å². The predicted molar refractivity (Wildman–Crippen MR) is 77.8 cm³/mol. The van der Waals surface area contributed by atoms with Crippen molar-refractivity contribution in [2.45, 2.75) is 63.6 Å². The Labute approximate surface area is 108 Å². The Morgan fingerprint density at radius 3 is 1.60 bits per heavy atom. The third kappa shape index (κ3) is 7.02. The van der Waals surface area contributed by atoms with Crippen LogP contribution in [-0.2, 0) is 0 Å². The van der Waals surface area contributed by atoms with E-state index in [1.165, 1.54) is 30.9 Å². The Morgan fingerprint density at radius 1 is 0.800 bits per heavy atom. The SMILES string of the molecule is [Li][CH2]CCCCN([Si](C)(C)C)[Si](C)(C)C. The molecule has 0 radical (unpaired) electrons. The van der Waals surface area contributed by atoms with Crippen molar-refractivity contribution < 1.29 is 0 Å². The molecule has 0 aliphatic carbocycles. The van der Waals surface area contributed by atoms with Gasteiger partial charge in [-0.3, -0.25) is 0 Å². The molecule has 0 bridgehead atoms. The van der Waals surface area contributed by atoms with Gasteiger partial charge in [-0.05, 0) is 0 Å².